The third-order valence-corrected chi connectivity index (χ3v) is 3.96. The highest BCUT2D eigenvalue weighted by Gasteiger charge is 2.19. The maximum atomic E-state index is 12.5. The Morgan fingerprint density at radius 2 is 1.88 bits per heavy atom. The van der Waals surface area contributed by atoms with Crippen LogP contribution >= 0.6 is 0 Å². The molecule has 1 aromatic carbocycles. The Morgan fingerprint density at radius 3 is 2.54 bits per heavy atom. The van der Waals surface area contributed by atoms with E-state index >= 15 is 0 Å². The fourth-order valence-corrected chi connectivity index (χ4v) is 2.77. The van der Waals surface area contributed by atoms with Crippen molar-refractivity contribution in [2.24, 2.45) is 0 Å². The number of rotatable bonds is 8. The van der Waals surface area contributed by atoms with Gasteiger partial charge in [0.2, 0.25) is 0 Å². The second kappa shape index (κ2) is 9.12. The molecule has 1 heterocycles. The molecule has 1 unspecified atom stereocenters. The van der Waals surface area contributed by atoms with Crippen molar-refractivity contribution in [3.8, 4) is 0 Å². The van der Waals surface area contributed by atoms with Crippen LogP contribution in [-0.2, 0) is 16.1 Å². The molecule has 0 aliphatic carbocycles. The van der Waals surface area contributed by atoms with Crippen molar-refractivity contribution in [3.05, 3.63) is 40.3 Å². The van der Waals surface area contributed by atoms with E-state index in [1.165, 1.54) is 4.68 Å². The lowest BCUT2D eigenvalue weighted by Gasteiger charge is -2.13. The van der Waals surface area contributed by atoms with Crippen LogP contribution in [-0.4, -0.2) is 34.3 Å². The number of aryl methyl sites for hydroxylation is 1. The molecule has 0 fully saturated rings. The Balaban J connectivity index is 2.20. The zero-order valence-electron chi connectivity index (χ0n) is 15.4. The number of carbonyl (C=O) groups is 2. The quantitative estimate of drug-likeness (QED) is 0.730. The van der Waals surface area contributed by atoms with E-state index in [0.29, 0.717) is 23.7 Å². The van der Waals surface area contributed by atoms with Gasteiger partial charge in [0.05, 0.1) is 5.39 Å². The zero-order chi connectivity index (χ0) is 19.1. The molecule has 0 bridgehead atoms. The van der Waals surface area contributed by atoms with Gasteiger partial charge >= 0.3 is 5.97 Å². The number of nitrogens with one attached hydrogen (secondary N) is 1. The fraction of sp³-hybridized carbons (Fsp3) is 0.474. The molecule has 0 radical (unpaired) electrons. The first kappa shape index (κ1) is 19.6. The van der Waals surface area contributed by atoms with Gasteiger partial charge in [0.25, 0.3) is 11.5 Å². The average Bonchev–Trinajstić information content (AvgIpc) is 2.62. The van der Waals surface area contributed by atoms with E-state index in [-0.39, 0.29) is 29.8 Å². The van der Waals surface area contributed by atoms with Crippen molar-refractivity contribution in [3.63, 3.8) is 0 Å². The summed E-state index contributed by atoms with van der Waals surface area (Å²) in [5.74, 6) is -1.07. The molecular weight excluding hydrogens is 334 g/mol. The second-order valence-electron chi connectivity index (χ2n) is 6.26. The highest BCUT2D eigenvalue weighted by Crippen LogP contribution is 2.14. The van der Waals surface area contributed by atoms with Gasteiger partial charge in [-0.1, -0.05) is 38.5 Å². The molecule has 140 valence electrons. The molecule has 1 N–H and O–H groups in total. The van der Waals surface area contributed by atoms with Crippen LogP contribution in [0.1, 0.15) is 50.5 Å². The third-order valence-electron chi connectivity index (χ3n) is 3.96. The summed E-state index contributed by atoms with van der Waals surface area (Å²) in [7, 11) is 0. The summed E-state index contributed by atoms with van der Waals surface area (Å²) in [6.07, 6.45) is 2.52. The van der Waals surface area contributed by atoms with Crippen LogP contribution in [0.15, 0.2) is 29.1 Å². The molecule has 0 saturated heterocycles. The molecule has 2 aromatic rings. The number of aromatic nitrogens is 2. The topological polar surface area (TPSA) is 90.3 Å². The number of hydrogen-bond acceptors (Lipinski definition) is 5. The Hall–Kier alpha value is -2.70. The summed E-state index contributed by atoms with van der Waals surface area (Å²) in [6, 6.07) is 6.79. The molecule has 0 aliphatic rings. The lowest BCUT2D eigenvalue weighted by atomic mass is 10.1. The van der Waals surface area contributed by atoms with Gasteiger partial charge in [-0.05, 0) is 25.8 Å². The number of ether oxygens (including phenoxy) is 1. The molecule has 7 nitrogen and oxygen atoms in total. The van der Waals surface area contributed by atoms with Crippen molar-refractivity contribution >= 4 is 22.6 Å². The molecule has 26 heavy (non-hydrogen) atoms. The van der Waals surface area contributed by atoms with Crippen LogP contribution in [0.25, 0.3) is 10.8 Å². The summed E-state index contributed by atoms with van der Waals surface area (Å²) in [6.45, 7) is 5.88. The van der Waals surface area contributed by atoms with Crippen molar-refractivity contribution in [1.29, 1.82) is 0 Å². The minimum absolute atomic E-state index is 0.0246. The fourth-order valence-electron chi connectivity index (χ4n) is 2.77. The third kappa shape index (κ3) is 4.68. The van der Waals surface area contributed by atoms with Crippen LogP contribution in [0.5, 0.6) is 0 Å². The lowest BCUT2D eigenvalue weighted by molar-refractivity contribution is -0.124. The van der Waals surface area contributed by atoms with E-state index < -0.39 is 5.97 Å². The molecule has 0 aliphatic heterocycles. The Labute approximate surface area is 152 Å². The van der Waals surface area contributed by atoms with E-state index in [9.17, 15) is 14.4 Å². The number of nitrogens with zero attached hydrogens (tertiary/aromatic N) is 2. The maximum Gasteiger partial charge on any atom is 0.359 e. The normalized spacial score (nSPS) is 12.0. The van der Waals surface area contributed by atoms with Gasteiger partial charge in [-0.15, -0.1) is 0 Å². The van der Waals surface area contributed by atoms with Gasteiger partial charge < -0.3 is 10.1 Å². The maximum absolute atomic E-state index is 12.5. The van der Waals surface area contributed by atoms with E-state index in [1.54, 1.807) is 24.3 Å². The van der Waals surface area contributed by atoms with Gasteiger partial charge in [0.15, 0.2) is 12.3 Å². The van der Waals surface area contributed by atoms with Gasteiger partial charge in [-0.3, -0.25) is 9.59 Å². The monoisotopic (exact) mass is 359 g/mol. The molecule has 1 atom stereocenters. The highest BCUT2D eigenvalue weighted by molar-refractivity contribution is 6.02. The molecule has 1 aromatic heterocycles. The number of hydrogen-bond donors (Lipinski definition) is 1. The Bertz CT molecular complexity index is 844. The van der Waals surface area contributed by atoms with Crippen molar-refractivity contribution in [2.75, 3.05) is 6.61 Å². The predicted molar refractivity (Wildman–Crippen MR) is 99.1 cm³/mol. The summed E-state index contributed by atoms with van der Waals surface area (Å²) >= 11 is 0. The number of benzene rings is 1. The minimum atomic E-state index is -0.718. The smallest absolute Gasteiger partial charge is 0.359 e. The van der Waals surface area contributed by atoms with Gasteiger partial charge in [-0.25, -0.2) is 9.48 Å². The van der Waals surface area contributed by atoms with Crippen LogP contribution in [0.2, 0.25) is 0 Å². The van der Waals surface area contributed by atoms with Crippen molar-refractivity contribution < 1.29 is 14.3 Å². The van der Waals surface area contributed by atoms with E-state index in [2.05, 4.69) is 10.4 Å². The van der Waals surface area contributed by atoms with Crippen LogP contribution in [0, 0.1) is 0 Å². The van der Waals surface area contributed by atoms with E-state index in [0.717, 1.165) is 12.8 Å². The first-order valence-corrected chi connectivity index (χ1v) is 8.94. The van der Waals surface area contributed by atoms with Crippen LogP contribution in [0.3, 0.4) is 0 Å². The van der Waals surface area contributed by atoms with E-state index in [4.69, 9.17) is 4.74 Å². The van der Waals surface area contributed by atoms with Gasteiger partial charge in [0.1, 0.15) is 0 Å². The Morgan fingerprint density at radius 1 is 1.19 bits per heavy atom. The SMILES string of the molecule is CCCC(C)NC(=O)COC(=O)c1nn(CCC)c(=O)c2ccccc12. The lowest BCUT2D eigenvalue weighted by Crippen LogP contribution is -2.36. The largest absolute Gasteiger partial charge is 0.451 e. The van der Waals surface area contributed by atoms with Gasteiger partial charge in [0, 0.05) is 18.0 Å². The molecule has 0 spiro atoms. The molecular formula is C19H25N3O4. The average molecular weight is 359 g/mol. The molecule has 1 amide bonds. The second-order valence-corrected chi connectivity index (χ2v) is 6.26. The predicted octanol–water partition coefficient (Wildman–Crippen LogP) is 2.27. The summed E-state index contributed by atoms with van der Waals surface area (Å²) in [5.41, 5.74) is -0.201. The summed E-state index contributed by atoms with van der Waals surface area (Å²) in [5, 5.41) is 7.76. The Kier molecular flexibility index (Phi) is 6.89. The number of carbonyl (C=O) groups excluding carboxylic acids is 2. The van der Waals surface area contributed by atoms with Gasteiger partial charge in [-0.2, -0.15) is 5.10 Å². The summed E-state index contributed by atoms with van der Waals surface area (Å²) < 4.78 is 6.39. The molecule has 0 saturated carbocycles. The van der Waals surface area contributed by atoms with Crippen LogP contribution < -0.4 is 10.9 Å². The number of esters is 1. The highest BCUT2D eigenvalue weighted by atomic mass is 16.5. The first-order valence-electron chi connectivity index (χ1n) is 8.94. The number of fused-ring (bicyclic) bond motifs is 1. The standard InChI is InChI=1S/C19H25N3O4/c1-4-8-13(3)20-16(23)12-26-19(25)17-14-9-6-7-10-15(14)18(24)22(21-17)11-5-2/h6-7,9-10,13H,4-5,8,11-12H2,1-3H3,(H,20,23). The van der Waals surface area contributed by atoms with E-state index in [1.807, 2.05) is 20.8 Å². The minimum Gasteiger partial charge on any atom is -0.451 e. The summed E-state index contributed by atoms with van der Waals surface area (Å²) in [4.78, 5) is 36.8. The zero-order valence-corrected chi connectivity index (χ0v) is 15.4. The number of amides is 1. The molecule has 2 rings (SSSR count). The molecule has 7 heteroatoms. The van der Waals surface area contributed by atoms with Crippen LogP contribution in [0.4, 0.5) is 0 Å². The van der Waals surface area contributed by atoms with Crippen molar-refractivity contribution in [1.82, 2.24) is 15.1 Å². The van der Waals surface area contributed by atoms with Crippen molar-refractivity contribution in [2.45, 2.75) is 52.6 Å². The first-order chi connectivity index (χ1) is 12.5.